The number of methoxy groups -OCH3 is 1. The molecule has 2 heterocycles. The van der Waals surface area contributed by atoms with Crippen molar-refractivity contribution in [1.82, 2.24) is 4.90 Å². The highest BCUT2D eigenvalue weighted by Crippen LogP contribution is 2.27. The predicted molar refractivity (Wildman–Crippen MR) is 106 cm³/mol. The van der Waals surface area contributed by atoms with Crippen molar-refractivity contribution in [3.63, 3.8) is 0 Å². The quantitative estimate of drug-likeness (QED) is 0.596. The van der Waals surface area contributed by atoms with Crippen LogP contribution in [0.15, 0.2) is 18.2 Å². The van der Waals surface area contributed by atoms with Crippen molar-refractivity contribution in [3.05, 3.63) is 23.8 Å². The lowest BCUT2D eigenvalue weighted by Crippen LogP contribution is -2.38. The Balaban J connectivity index is 1.61. The van der Waals surface area contributed by atoms with Gasteiger partial charge in [0.05, 0.1) is 30.2 Å². The van der Waals surface area contributed by atoms with Gasteiger partial charge in [-0.15, -0.1) is 0 Å². The summed E-state index contributed by atoms with van der Waals surface area (Å²) in [7, 11) is 1.32. The minimum atomic E-state index is -0.912. The Labute approximate surface area is 169 Å². The number of amides is 2. The lowest BCUT2D eigenvalue weighted by Gasteiger charge is -2.29. The Morgan fingerprint density at radius 2 is 1.93 bits per heavy atom. The molecule has 0 radical (unpaired) electrons. The molecule has 2 fully saturated rings. The van der Waals surface area contributed by atoms with E-state index in [-0.39, 0.29) is 17.9 Å². The van der Waals surface area contributed by atoms with Crippen LogP contribution in [-0.2, 0) is 14.3 Å². The first-order valence-electron chi connectivity index (χ1n) is 9.82. The van der Waals surface area contributed by atoms with E-state index >= 15 is 0 Å². The van der Waals surface area contributed by atoms with Crippen LogP contribution in [0.5, 0.6) is 0 Å². The Morgan fingerprint density at radius 3 is 2.52 bits per heavy atom. The number of carbonyl (C=O) groups is 3. The molecule has 2 saturated heterocycles. The van der Waals surface area contributed by atoms with Gasteiger partial charge in [-0.1, -0.05) is 0 Å². The summed E-state index contributed by atoms with van der Waals surface area (Å²) in [5.74, 6) is -0.428. The van der Waals surface area contributed by atoms with Crippen LogP contribution < -0.4 is 10.6 Å². The number of hydrogen-bond donors (Lipinski definition) is 3. The fraction of sp³-hybridized carbons (Fsp3) is 0.550. The number of ether oxygens (including phenoxy) is 2. The van der Waals surface area contributed by atoms with Crippen LogP contribution in [-0.4, -0.2) is 67.4 Å². The van der Waals surface area contributed by atoms with Crippen LogP contribution in [0.4, 0.5) is 16.2 Å². The molecule has 0 bridgehead atoms. The van der Waals surface area contributed by atoms with Crippen molar-refractivity contribution in [2.24, 2.45) is 5.92 Å². The number of anilines is 2. The van der Waals surface area contributed by atoms with E-state index in [1.807, 2.05) is 0 Å². The number of nitrogens with one attached hydrogen (secondary N) is 2. The molecule has 9 heteroatoms. The Morgan fingerprint density at radius 1 is 1.21 bits per heavy atom. The first kappa shape index (κ1) is 20.9. The minimum absolute atomic E-state index is 0.125. The van der Waals surface area contributed by atoms with E-state index in [1.165, 1.54) is 12.0 Å². The lowest BCUT2D eigenvalue weighted by molar-refractivity contribution is -0.117. The van der Waals surface area contributed by atoms with Crippen LogP contribution in [0.25, 0.3) is 0 Å². The summed E-state index contributed by atoms with van der Waals surface area (Å²) in [6.07, 6.45) is 1.86. The number of rotatable bonds is 7. The fourth-order valence-electron chi connectivity index (χ4n) is 3.51. The summed E-state index contributed by atoms with van der Waals surface area (Å²) in [5.41, 5.74) is 1.62. The topological polar surface area (TPSA) is 117 Å². The smallest absolute Gasteiger partial charge is 0.407 e. The summed E-state index contributed by atoms with van der Waals surface area (Å²) in [6.45, 7) is 2.24. The van der Waals surface area contributed by atoms with E-state index in [9.17, 15) is 14.4 Å². The van der Waals surface area contributed by atoms with Gasteiger partial charge in [-0.2, -0.15) is 0 Å². The third-order valence-corrected chi connectivity index (χ3v) is 5.39. The average Bonchev–Trinajstić information content (AvgIpc) is 2.67. The van der Waals surface area contributed by atoms with Crippen molar-refractivity contribution in [2.45, 2.75) is 31.8 Å². The second-order valence-electron chi connectivity index (χ2n) is 7.38. The number of carboxylic acid groups (broad SMARTS) is 1. The van der Waals surface area contributed by atoms with Gasteiger partial charge in [0.15, 0.2) is 0 Å². The van der Waals surface area contributed by atoms with Crippen molar-refractivity contribution in [3.8, 4) is 0 Å². The standard InChI is InChI=1S/C20H27N3O6/c1-28-19(25)14-2-3-16(17(11-14)21-12-15-6-9-29-15)22-18(24)10-13-4-7-23(8-5-13)20(26)27/h2-3,11,13,15,21H,4-10,12H2,1H3,(H,22,24)(H,26,27). The molecule has 2 aliphatic rings. The van der Waals surface area contributed by atoms with Crippen LogP contribution in [0.1, 0.15) is 36.0 Å². The molecule has 9 nitrogen and oxygen atoms in total. The first-order chi connectivity index (χ1) is 14.0. The summed E-state index contributed by atoms with van der Waals surface area (Å²) in [4.78, 5) is 36.7. The summed E-state index contributed by atoms with van der Waals surface area (Å²) in [5, 5.41) is 15.2. The van der Waals surface area contributed by atoms with Gasteiger partial charge < -0.3 is 30.1 Å². The van der Waals surface area contributed by atoms with Crippen molar-refractivity contribution in [2.75, 3.05) is 44.0 Å². The zero-order valence-corrected chi connectivity index (χ0v) is 16.5. The Hall–Kier alpha value is -2.81. The van der Waals surface area contributed by atoms with Crippen molar-refractivity contribution in [1.29, 1.82) is 0 Å². The highest BCUT2D eigenvalue weighted by Gasteiger charge is 2.24. The number of piperidine rings is 1. The van der Waals surface area contributed by atoms with Crippen LogP contribution in [0, 0.1) is 5.92 Å². The number of hydrogen-bond acceptors (Lipinski definition) is 6. The van der Waals surface area contributed by atoms with Gasteiger partial charge in [-0.05, 0) is 43.4 Å². The van der Waals surface area contributed by atoms with Gasteiger partial charge >= 0.3 is 12.1 Å². The van der Waals surface area contributed by atoms with Gasteiger partial charge in [-0.25, -0.2) is 9.59 Å². The molecule has 0 aliphatic carbocycles. The van der Waals surface area contributed by atoms with Gasteiger partial charge in [-0.3, -0.25) is 4.79 Å². The summed E-state index contributed by atoms with van der Waals surface area (Å²) >= 11 is 0. The maximum absolute atomic E-state index is 12.5. The SMILES string of the molecule is COC(=O)c1ccc(NC(=O)CC2CCN(C(=O)O)CC2)c(NCC2CCO2)c1. The third kappa shape index (κ3) is 5.60. The number of benzene rings is 1. The maximum atomic E-state index is 12.5. The molecule has 2 amide bonds. The molecule has 158 valence electrons. The van der Waals surface area contributed by atoms with E-state index in [0.29, 0.717) is 55.8 Å². The first-order valence-corrected chi connectivity index (χ1v) is 9.82. The van der Waals surface area contributed by atoms with Crippen LogP contribution in [0.3, 0.4) is 0 Å². The van der Waals surface area contributed by atoms with Gasteiger partial charge in [0.25, 0.3) is 0 Å². The molecule has 1 aromatic rings. The molecule has 1 unspecified atom stereocenters. The monoisotopic (exact) mass is 405 g/mol. The van der Waals surface area contributed by atoms with E-state index in [0.717, 1.165) is 13.0 Å². The Bertz CT molecular complexity index is 757. The molecule has 0 spiro atoms. The zero-order chi connectivity index (χ0) is 20.8. The lowest BCUT2D eigenvalue weighted by atomic mass is 9.93. The molecule has 3 N–H and O–H groups in total. The number of carbonyl (C=O) groups excluding carboxylic acids is 2. The molecule has 0 aromatic heterocycles. The molecule has 0 saturated carbocycles. The predicted octanol–water partition coefficient (Wildman–Crippen LogP) is 2.39. The van der Waals surface area contributed by atoms with E-state index < -0.39 is 12.1 Å². The number of likely N-dealkylation sites (tertiary alicyclic amines) is 1. The van der Waals surface area contributed by atoms with E-state index in [2.05, 4.69) is 10.6 Å². The number of nitrogens with zero attached hydrogens (tertiary/aromatic N) is 1. The molecule has 1 aromatic carbocycles. The van der Waals surface area contributed by atoms with Gasteiger partial charge in [0.1, 0.15) is 0 Å². The van der Waals surface area contributed by atoms with Crippen LogP contribution >= 0.6 is 0 Å². The van der Waals surface area contributed by atoms with E-state index in [4.69, 9.17) is 14.6 Å². The highest BCUT2D eigenvalue weighted by molar-refractivity contribution is 5.97. The maximum Gasteiger partial charge on any atom is 0.407 e. The third-order valence-electron chi connectivity index (χ3n) is 5.39. The molecule has 29 heavy (non-hydrogen) atoms. The molecule has 1 atom stereocenters. The molecule has 2 aliphatic heterocycles. The highest BCUT2D eigenvalue weighted by atomic mass is 16.5. The largest absolute Gasteiger partial charge is 0.465 e. The second kappa shape index (κ2) is 9.60. The Kier molecular flexibility index (Phi) is 6.92. The zero-order valence-electron chi connectivity index (χ0n) is 16.5. The minimum Gasteiger partial charge on any atom is -0.465 e. The summed E-state index contributed by atoms with van der Waals surface area (Å²) in [6, 6.07) is 4.95. The van der Waals surface area contributed by atoms with E-state index in [1.54, 1.807) is 18.2 Å². The fourth-order valence-corrected chi connectivity index (χ4v) is 3.51. The van der Waals surface area contributed by atoms with Crippen molar-refractivity contribution < 1.29 is 29.0 Å². The second-order valence-corrected chi connectivity index (χ2v) is 7.38. The average molecular weight is 405 g/mol. The molecular formula is C20H27N3O6. The molecule has 3 rings (SSSR count). The van der Waals surface area contributed by atoms with Gasteiger partial charge in [0, 0.05) is 32.7 Å². The van der Waals surface area contributed by atoms with Gasteiger partial charge in [0.2, 0.25) is 5.91 Å². The summed E-state index contributed by atoms with van der Waals surface area (Å²) < 4.78 is 10.2. The van der Waals surface area contributed by atoms with Crippen molar-refractivity contribution >= 4 is 29.3 Å². The van der Waals surface area contributed by atoms with Crippen LogP contribution in [0.2, 0.25) is 0 Å². The normalized spacial score (nSPS) is 19.2. The number of esters is 1. The molecular weight excluding hydrogens is 378 g/mol.